The quantitative estimate of drug-likeness (QED) is 0.772. The van der Waals surface area contributed by atoms with Crippen LogP contribution in [0.5, 0.6) is 0 Å². The molecule has 2 rings (SSSR count). The van der Waals surface area contributed by atoms with Crippen molar-refractivity contribution in [1.82, 2.24) is 15.5 Å². The predicted octanol–water partition coefficient (Wildman–Crippen LogP) is 2.55. The van der Waals surface area contributed by atoms with Crippen LogP contribution >= 0.6 is 11.6 Å². The second-order valence-electron chi connectivity index (χ2n) is 6.39. The van der Waals surface area contributed by atoms with Gasteiger partial charge in [0.05, 0.1) is 12.6 Å². The number of benzene rings is 1. The van der Waals surface area contributed by atoms with Crippen LogP contribution in [0, 0.1) is 0 Å². The molecule has 2 amide bonds. The van der Waals surface area contributed by atoms with Crippen LogP contribution in [0.4, 0.5) is 4.79 Å². The number of carbonyl (C=O) groups is 1. The molecule has 0 aromatic heterocycles. The maximum Gasteiger partial charge on any atom is 0.315 e. The lowest BCUT2D eigenvalue weighted by molar-refractivity contribution is 0.187. The molecule has 1 saturated carbocycles. The Labute approximate surface area is 143 Å². The zero-order valence-corrected chi connectivity index (χ0v) is 14.5. The Kier molecular flexibility index (Phi) is 6.69. The topological polar surface area (TPSA) is 64.6 Å². The van der Waals surface area contributed by atoms with E-state index < -0.39 is 6.04 Å². The minimum absolute atomic E-state index is 0.153. The second kappa shape index (κ2) is 8.52. The van der Waals surface area contributed by atoms with Crippen molar-refractivity contribution in [3.63, 3.8) is 0 Å². The van der Waals surface area contributed by atoms with Crippen molar-refractivity contribution < 1.29 is 9.90 Å². The van der Waals surface area contributed by atoms with E-state index in [-0.39, 0.29) is 18.7 Å². The molecule has 3 atom stereocenters. The monoisotopic (exact) mass is 339 g/mol. The SMILES string of the molecule is CN(C)C1CCCC(NC(=O)NC(CO)c2ccc(Cl)cc2)C1. The van der Waals surface area contributed by atoms with Gasteiger partial charge in [-0.1, -0.05) is 23.7 Å². The molecule has 1 fully saturated rings. The van der Waals surface area contributed by atoms with Gasteiger partial charge in [-0.2, -0.15) is 0 Å². The number of hydrogen-bond donors (Lipinski definition) is 3. The molecule has 1 aromatic rings. The van der Waals surface area contributed by atoms with E-state index in [4.69, 9.17) is 11.6 Å². The largest absolute Gasteiger partial charge is 0.394 e. The van der Waals surface area contributed by atoms with Crippen LogP contribution < -0.4 is 10.6 Å². The zero-order valence-electron chi connectivity index (χ0n) is 13.8. The number of amides is 2. The van der Waals surface area contributed by atoms with Crippen molar-refractivity contribution in [1.29, 1.82) is 0 Å². The average Bonchev–Trinajstić information content (AvgIpc) is 2.53. The van der Waals surface area contributed by atoms with Crippen LogP contribution in [0.1, 0.15) is 37.3 Å². The van der Waals surface area contributed by atoms with Crippen LogP contribution in [0.3, 0.4) is 0 Å². The summed E-state index contributed by atoms with van der Waals surface area (Å²) in [5.41, 5.74) is 0.835. The summed E-state index contributed by atoms with van der Waals surface area (Å²) in [4.78, 5) is 14.4. The molecule has 3 N–H and O–H groups in total. The number of carbonyl (C=O) groups excluding carboxylic acids is 1. The highest BCUT2D eigenvalue weighted by atomic mass is 35.5. The molecule has 1 aromatic carbocycles. The molecule has 128 valence electrons. The van der Waals surface area contributed by atoms with Crippen molar-refractivity contribution in [3.05, 3.63) is 34.9 Å². The number of urea groups is 1. The molecule has 0 radical (unpaired) electrons. The van der Waals surface area contributed by atoms with Gasteiger partial charge in [0, 0.05) is 17.1 Å². The third-order valence-electron chi connectivity index (χ3n) is 4.47. The van der Waals surface area contributed by atoms with E-state index in [9.17, 15) is 9.90 Å². The van der Waals surface area contributed by atoms with Crippen molar-refractivity contribution in [2.24, 2.45) is 0 Å². The molecule has 6 heteroatoms. The Morgan fingerprint density at radius 1 is 1.35 bits per heavy atom. The van der Waals surface area contributed by atoms with Crippen LogP contribution in [0.15, 0.2) is 24.3 Å². The van der Waals surface area contributed by atoms with Gasteiger partial charge in [0.2, 0.25) is 0 Å². The van der Waals surface area contributed by atoms with E-state index in [0.717, 1.165) is 24.8 Å². The fraction of sp³-hybridized carbons (Fsp3) is 0.588. The van der Waals surface area contributed by atoms with Crippen molar-refractivity contribution in [3.8, 4) is 0 Å². The molecule has 0 aliphatic heterocycles. The molecule has 0 heterocycles. The van der Waals surface area contributed by atoms with Crippen molar-refractivity contribution in [2.45, 2.75) is 43.8 Å². The van der Waals surface area contributed by atoms with E-state index in [1.54, 1.807) is 12.1 Å². The number of halogens is 1. The summed E-state index contributed by atoms with van der Waals surface area (Å²) in [7, 11) is 4.16. The first-order chi connectivity index (χ1) is 11.0. The molecule has 1 aliphatic rings. The number of nitrogens with one attached hydrogen (secondary N) is 2. The third-order valence-corrected chi connectivity index (χ3v) is 4.72. The highest BCUT2D eigenvalue weighted by Gasteiger charge is 2.25. The van der Waals surface area contributed by atoms with Gasteiger partial charge in [0.1, 0.15) is 0 Å². The first kappa shape index (κ1) is 18.0. The number of aliphatic hydroxyl groups excluding tert-OH is 1. The standard InChI is InChI=1S/C17H26ClN3O2/c1-21(2)15-5-3-4-14(10-15)19-17(23)20-16(11-22)12-6-8-13(18)9-7-12/h6-9,14-16,22H,3-5,10-11H2,1-2H3,(H2,19,20,23). The lowest BCUT2D eigenvalue weighted by atomic mass is 9.90. The van der Waals surface area contributed by atoms with Crippen LogP contribution in [-0.2, 0) is 0 Å². The predicted molar refractivity (Wildman–Crippen MR) is 92.7 cm³/mol. The molecular formula is C17H26ClN3O2. The number of hydrogen-bond acceptors (Lipinski definition) is 3. The Hall–Kier alpha value is -1.30. The number of rotatable bonds is 5. The number of aliphatic hydroxyl groups is 1. The fourth-order valence-electron chi connectivity index (χ4n) is 3.08. The Morgan fingerprint density at radius 2 is 2.04 bits per heavy atom. The lowest BCUT2D eigenvalue weighted by Gasteiger charge is -2.34. The van der Waals surface area contributed by atoms with Gasteiger partial charge in [-0.05, 0) is 57.5 Å². The van der Waals surface area contributed by atoms with E-state index in [1.165, 1.54) is 6.42 Å². The maximum atomic E-state index is 12.2. The Bertz CT molecular complexity index is 507. The summed E-state index contributed by atoms with van der Waals surface area (Å²) in [5, 5.41) is 16.0. The average molecular weight is 340 g/mol. The molecule has 23 heavy (non-hydrogen) atoms. The van der Waals surface area contributed by atoms with Crippen LogP contribution in [0.25, 0.3) is 0 Å². The fourth-order valence-corrected chi connectivity index (χ4v) is 3.20. The van der Waals surface area contributed by atoms with E-state index >= 15 is 0 Å². The molecule has 3 unspecified atom stereocenters. The van der Waals surface area contributed by atoms with E-state index in [0.29, 0.717) is 11.1 Å². The summed E-state index contributed by atoms with van der Waals surface area (Å²) in [6, 6.07) is 7.16. The first-order valence-electron chi connectivity index (χ1n) is 8.09. The second-order valence-corrected chi connectivity index (χ2v) is 6.82. The van der Waals surface area contributed by atoms with Crippen LogP contribution in [0.2, 0.25) is 5.02 Å². The van der Waals surface area contributed by atoms with E-state index in [2.05, 4.69) is 29.6 Å². The molecule has 5 nitrogen and oxygen atoms in total. The summed E-state index contributed by atoms with van der Waals surface area (Å²) < 4.78 is 0. The normalized spacial score (nSPS) is 22.7. The minimum atomic E-state index is -0.430. The summed E-state index contributed by atoms with van der Waals surface area (Å²) in [6.45, 7) is -0.153. The van der Waals surface area contributed by atoms with Crippen LogP contribution in [-0.4, -0.2) is 48.8 Å². The smallest absolute Gasteiger partial charge is 0.315 e. The highest BCUT2D eigenvalue weighted by Crippen LogP contribution is 2.22. The first-order valence-corrected chi connectivity index (χ1v) is 8.47. The van der Waals surface area contributed by atoms with Gasteiger partial charge in [-0.25, -0.2) is 4.79 Å². The van der Waals surface area contributed by atoms with Gasteiger partial charge in [0.25, 0.3) is 0 Å². The van der Waals surface area contributed by atoms with E-state index in [1.807, 2.05) is 12.1 Å². The lowest BCUT2D eigenvalue weighted by Crippen LogP contribution is -2.48. The molecule has 0 saturated heterocycles. The van der Waals surface area contributed by atoms with Crippen molar-refractivity contribution >= 4 is 17.6 Å². The minimum Gasteiger partial charge on any atom is -0.394 e. The highest BCUT2D eigenvalue weighted by molar-refractivity contribution is 6.30. The summed E-state index contributed by atoms with van der Waals surface area (Å²) in [6.07, 6.45) is 4.26. The third kappa shape index (κ3) is 5.37. The maximum absolute atomic E-state index is 12.2. The Balaban J connectivity index is 1.88. The molecular weight excluding hydrogens is 314 g/mol. The Morgan fingerprint density at radius 3 is 2.65 bits per heavy atom. The molecule has 0 bridgehead atoms. The number of nitrogens with zero attached hydrogens (tertiary/aromatic N) is 1. The van der Waals surface area contributed by atoms with Gasteiger partial charge in [-0.15, -0.1) is 0 Å². The van der Waals surface area contributed by atoms with Gasteiger partial charge < -0.3 is 20.6 Å². The zero-order chi connectivity index (χ0) is 16.8. The molecule has 0 spiro atoms. The molecule has 1 aliphatic carbocycles. The van der Waals surface area contributed by atoms with Gasteiger partial charge in [-0.3, -0.25) is 0 Å². The van der Waals surface area contributed by atoms with Gasteiger partial charge >= 0.3 is 6.03 Å². The summed E-state index contributed by atoms with van der Waals surface area (Å²) >= 11 is 5.87. The van der Waals surface area contributed by atoms with Crippen molar-refractivity contribution in [2.75, 3.05) is 20.7 Å². The summed E-state index contributed by atoms with van der Waals surface area (Å²) in [5.74, 6) is 0. The van der Waals surface area contributed by atoms with Gasteiger partial charge in [0.15, 0.2) is 0 Å².